The molecule has 135 valence electrons. The van der Waals surface area contributed by atoms with Crippen LogP contribution in [0.5, 0.6) is 0 Å². The van der Waals surface area contributed by atoms with E-state index < -0.39 is 11.6 Å². The van der Waals surface area contributed by atoms with Crippen molar-refractivity contribution < 1.29 is 59.9 Å². The van der Waals surface area contributed by atoms with Gasteiger partial charge in [-0.15, -0.1) is 0 Å². The normalized spacial score (nSPS) is 9.35. The zero-order valence-corrected chi connectivity index (χ0v) is 19.0. The molecule has 0 fully saturated rings. The molecule has 2 aromatic carbocycles. The Morgan fingerprint density at radius 1 is 0.846 bits per heavy atom. The molecule has 3 radical (unpaired) electrons. The maximum absolute atomic E-state index is 12.9. The fourth-order valence-electron chi connectivity index (χ4n) is 1.69. The summed E-state index contributed by atoms with van der Waals surface area (Å²) in [5.74, 6) is -1.11. The van der Waals surface area contributed by atoms with Gasteiger partial charge >= 0.3 is 29.6 Å². The van der Waals surface area contributed by atoms with Crippen LogP contribution in [0.1, 0.15) is 28.5 Å². The summed E-state index contributed by atoms with van der Waals surface area (Å²) >= 11 is 6.24. The number of benzene rings is 2. The summed E-state index contributed by atoms with van der Waals surface area (Å²) in [6.07, 6.45) is 0.432. The number of aliphatic hydroxyl groups is 3. The molecule has 0 aliphatic heterocycles. The van der Waals surface area contributed by atoms with Crippen molar-refractivity contribution >= 4 is 46.6 Å². The molecule has 0 aliphatic carbocycles. The molecule has 0 saturated heterocycles. The van der Waals surface area contributed by atoms with Crippen molar-refractivity contribution in [1.82, 2.24) is 0 Å². The number of hydrogen-bond acceptors (Lipinski definition) is 4. The Morgan fingerprint density at radius 3 is 1.69 bits per heavy atom. The van der Waals surface area contributed by atoms with Crippen molar-refractivity contribution in [3.05, 3.63) is 67.1 Å². The van der Waals surface area contributed by atoms with E-state index in [1.807, 2.05) is 0 Å². The van der Waals surface area contributed by atoms with Gasteiger partial charge in [-0.2, -0.15) is 0 Å². The molecule has 0 aromatic heterocycles. The van der Waals surface area contributed by atoms with Crippen LogP contribution in [0.15, 0.2) is 33.2 Å². The zero-order chi connectivity index (χ0) is 18.3. The number of carbonyl (C=O) groups is 1. The van der Waals surface area contributed by atoms with E-state index in [0.717, 1.165) is 6.07 Å². The van der Waals surface area contributed by atoms with E-state index >= 15 is 0 Å². The van der Waals surface area contributed by atoms with E-state index in [1.165, 1.54) is 18.2 Å². The summed E-state index contributed by atoms with van der Waals surface area (Å²) < 4.78 is 26.9. The summed E-state index contributed by atoms with van der Waals surface area (Å²) in [6, 6.07) is 5.14. The Balaban J connectivity index is -0.000000384. The second-order valence-corrected chi connectivity index (χ2v) is 6.30. The van der Waals surface area contributed by atoms with Gasteiger partial charge in [0.15, 0.2) is 6.29 Å². The number of rotatable bonds is 4. The summed E-state index contributed by atoms with van der Waals surface area (Å²) in [5, 5.41) is 26.2. The molecule has 0 aliphatic rings. The Bertz CT molecular complexity index is 712. The molecule has 10 heteroatoms. The van der Waals surface area contributed by atoms with Crippen molar-refractivity contribution in [1.29, 1.82) is 0 Å². The first-order valence-corrected chi connectivity index (χ1v) is 8.19. The third-order valence-corrected chi connectivity index (χ3v) is 4.50. The molecule has 0 heterocycles. The van der Waals surface area contributed by atoms with Gasteiger partial charge in [0.1, 0.15) is 11.6 Å². The average Bonchev–Trinajstić information content (AvgIpc) is 2.58. The van der Waals surface area contributed by atoms with E-state index in [9.17, 15) is 13.6 Å². The maximum Gasteiger partial charge on any atom is 1.00 e. The van der Waals surface area contributed by atoms with Gasteiger partial charge < -0.3 is 16.7 Å². The summed E-state index contributed by atoms with van der Waals surface area (Å²) in [4.78, 5) is 10.3. The summed E-state index contributed by atoms with van der Waals surface area (Å²) in [7, 11) is 0. The summed E-state index contributed by atoms with van der Waals surface area (Å²) in [5.41, 5.74) is 1.11. The largest absolute Gasteiger partial charge is 1.00 e. The molecular weight excluding hydrogens is 488 g/mol. The van der Waals surface area contributed by atoms with Crippen LogP contribution in [0.3, 0.4) is 0 Å². The first-order chi connectivity index (χ1) is 11.4. The van der Waals surface area contributed by atoms with E-state index in [0.29, 0.717) is 26.4 Å². The molecular formula is C16H15BBr2F2NaO4. The average molecular weight is 503 g/mol. The van der Waals surface area contributed by atoms with E-state index in [-0.39, 0.29) is 70.3 Å². The van der Waals surface area contributed by atoms with Crippen LogP contribution in [0.4, 0.5) is 8.78 Å². The molecule has 4 nitrogen and oxygen atoms in total. The Labute approximate surface area is 192 Å². The Morgan fingerprint density at radius 2 is 1.27 bits per heavy atom. The van der Waals surface area contributed by atoms with Crippen LogP contribution in [-0.2, 0) is 19.8 Å². The predicted octanol–water partition coefficient (Wildman–Crippen LogP) is 0.201. The third kappa shape index (κ3) is 7.86. The number of halogens is 4. The van der Waals surface area contributed by atoms with Gasteiger partial charge in [-0.05, 0) is 35.4 Å². The van der Waals surface area contributed by atoms with Gasteiger partial charge in [-0.1, -0.05) is 31.9 Å². The first-order valence-electron chi connectivity index (χ1n) is 6.60. The first kappa shape index (κ1) is 28.1. The molecule has 0 unspecified atom stereocenters. The number of aldehydes is 1. The molecule has 0 amide bonds. The third-order valence-electron chi connectivity index (χ3n) is 3.02. The molecule has 0 bridgehead atoms. The van der Waals surface area contributed by atoms with Crippen LogP contribution in [0, 0.1) is 11.6 Å². The predicted molar refractivity (Wildman–Crippen MR) is 98.2 cm³/mol. The van der Waals surface area contributed by atoms with Crippen LogP contribution in [0.25, 0.3) is 0 Å². The quantitative estimate of drug-likeness (QED) is 0.412. The minimum atomic E-state index is -0.614. The van der Waals surface area contributed by atoms with Crippen molar-refractivity contribution in [2.45, 2.75) is 19.8 Å². The van der Waals surface area contributed by atoms with Gasteiger partial charge in [-0.25, -0.2) is 8.78 Å². The number of aliphatic hydroxyl groups excluding tert-OH is 3. The monoisotopic (exact) mass is 501 g/mol. The van der Waals surface area contributed by atoms with Gasteiger partial charge in [-0.3, -0.25) is 4.79 Å². The SMILES string of the molecule is O=Cc1cc(Br)c(CO)cc1F.OCc1cc(Br)c(CO)cc1F.[B].[H-].[Na+]. The van der Waals surface area contributed by atoms with E-state index in [1.54, 1.807) is 0 Å². The van der Waals surface area contributed by atoms with Crippen LogP contribution >= 0.6 is 31.9 Å². The van der Waals surface area contributed by atoms with Gasteiger partial charge in [0.2, 0.25) is 0 Å². The molecule has 3 N–H and O–H groups in total. The fraction of sp³-hybridized carbons (Fsp3) is 0.188. The molecule has 2 aromatic rings. The second-order valence-electron chi connectivity index (χ2n) is 4.59. The molecule has 0 saturated carbocycles. The fourth-order valence-corrected chi connectivity index (χ4v) is 2.69. The van der Waals surface area contributed by atoms with Crippen LogP contribution in [-0.4, -0.2) is 30.0 Å². The van der Waals surface area contributed by atoms with Gasteiger partial charge in [0, 0.05) is 22.9 Å². The Hall–Kier alpha value is -0.125. The van der Waals surface area contributed by atoms with Crippen molar-refractivity contribution in [2.75, 3.05) is 0 Å². The topological polar surface area (TPSA) is 77.8 Å². The molecule has 0 atom stereocenters. The number of hydrogen-bond donors (Lipinski definition) is 3. The standard InChI is InChI=1S/C8H8BrFO2.C8H6BrFO2.B.Na.H/c2*9-7-1-6(4-12)8(10)2-5(7)3-11;;;/h1-2,11-12H,3-4H2;1-2,4,11H,3H2;;;/q;;;+1;-1. The second kappa shape index (κ2) is 14.0. The van der Waals surface area contributed by atoms with Crippen LogP contribution < -0.4 is 29.6 Å². The molecule has 26 heavy (non-hydrogen) atoms. The van der Waals surface area contributed by atoms with E-state index in [2.05, 4.69) is 31.9 Å². The zero-order valence-electron chi connectivity index (χ0n) is 14.8. The van der Waals surface area contributed by atoms with E-state index in [4.69, 9.17) is 15.3 Å². The number of carbonyl (C=O) groups excluding carboxylic acids is 1. The smallest absolute Gasteiger partial charge is 1.00 e. The van der Waals surface area contributed by atoms with Crippen molar-refractivity contribution in [3.8, 4) is 0 Å². The van der Waals surface area contributed by atoms with Crippen molar-refractivity contribution in [3.63, 3.8) is 0 Å². The van der Waals surface area contributed by atoms with Crippen molar-refractivity contribution in [2.24, 2.45) is 0 Å². The van der Waals surface area contributed by atoms with Crippen LogP contribution in [0.2, 0.25) is 0 Å². The Kier molecular flexibility index (Phi) is 15.1. The maximum atomic E-state index is 12.9. The minimum absolute atomic E-state index is 0. The van der Waals surface area contributed by atoms with Gasteiger partial charge in [0.25, 0.3) is 0 Å². The molecule has 0 spiro atoms. The summed E-state index contributed by atoms with van der Waals surface area (Å²) in [6.45, 7) is -0.810. The minimum Gasteiger partial charge on any atom is -1.00 e. The molecule has 2 rings (SSSR count). The van der Waals surface area contributed by atoms with Gasteiger partial charge in [0.05, 0.1) is 25.4 Å².